The summed E-state index contributed by atoms with van der Waals surface area (Å²) in [5.74, 6) is -0.130. The number of amides is 1. The van der Waals surface area contributed by atoms with Crippen molar-refractivity contribution in [3.63, 3.8) is 0 Å². The summed E-state index contributed by atoms with van der Waals surface area (Å²) in [5, 5.41) is 13.7. The van der Waals surface area contributed by atoms with E-state index in [2.05, 4.69) is 10.0 Å². The lowest BCUT2D eigenvalue weighted by Crippen LogP contribution is -2.40. The summed E-state index contributed by atoms with van der Waals surface area (Å²) in [5.41, 5.74) is -0.184. The number of sulfonamides is 1. The lowest BCUT2D eigenvalue weighted by atomic mass is 10.2. The molecule has 1 amide bonds. The molecule has 1 heterocycles. The fourth-order valence-electron chi connectivity index (χ4n) is 2.47. The quantitative estimate of drug-likeness (QED) is 0.515. The van der Waals surface area contributed by atoms with Crippen LogP contribution in [-0.2, 0) is 14.8 Å². The first-order chi connectivity index (χ1) is 11.3. The van der Waals surface area contributed by atoms with Gasteiger partial charge in [0.2, 0.25) is 15.9 Å². The van der Waals surface area contributed by atoms with Gasteiger partial charge in [0, 0.05) is 44.7 Å². The van der Waals surface area contributed by atoms with Crippen molar-refractivity contribution in [3.8, 4) is 0 Å². The first-order valence-corrected chi connectivity index (χ1v) is 9.00. The van der Waals surface area contributed by atoms with Crippen molar-refractivity contribution < 1.29 is 18.1 Å². The Labute approximate surface area is 152 Å². The molecule has 1 atom stereocenters. The van der Waals surface area contributed by atoms with E-state index in [4.69, 9.17) is 0 Å². The van der Waals surface area contributed by atoms with E-state index >= 15 is 0 Å². The largest absolute Gasteiger partial charge is 0.341 e. The summed E-state index contributed by atoms with van der Waals surface area (Å²) in [7, 11) is -2.09. The zero-order valence-electron chi connectivity index (χ0n) is 13.7. The maximum atomic E-state index is 12.1. The smallest absolute Gasteiger partial charge is 0.269 e. The number of nitro benzene ring substituents is 1. The minimum absolute atomic E-state index is 0. The Morgan fingerprint density at radius 1 is 1.40 bits per heavy atom. The van der Waals surface area contributed by atoms with Crippen molar-refractivity contribution >= 4 is 34.0 Å². The van der Waals surface area contributed by atoms with Crippen molar-refractivity contribution in [1.29, 1.82) is 0 Å². The molecule has 0 aliphatic carbocycles. The van der Waals surface area contributed by atoms with Crippen LogP contribution in [0.4, 0.5) is 5.69 Å². The van der Waals surface area contributed by atoms with Crippen molar-refractivity contribution in [3.05, 3.63) is 34.4 Å². The van der Waals surface area contributed by atoms with Crippen LogP contribution in [0.25, 0.3) is 0 Å². The van der Waals surface area contributed by atoms with E-state index in [1.165, 1.54) is 12.1 Å². The third kappa shape index (κ3) is 5.63. The van der Waals surface area contributed by atoms with Crippen LogP contribution in [-0.4, -0.2) is 56.9 Å². The molecule has 0 bridgehead atoms. The van der Waals surface area contributed by atoms with Crippen LogP contribution >= 0.6 is 12.4 Å². The Bertz CT molecular complexity index is 704. The number of carbonyl (C=O) groups is 1. The third-order valence-electron chi connectivity index (χ3n) is 3.96. The van der Waals surface area contributed by atoms with Gasteiger partial charge >= 0.3 is 0 Å². The Kier molecular flexibility index (Phi) is 7.74. The highest BCUT2D eigenvalue weighted by atomic mass is 35.5. The standard InChI is InChI=1S/C14H20N4O5S.ClH/c1-17(12-6-8-15-10-12)14(19)7-9-16-24(22,23)13-4-2-11(3-5-13)18(20)21;/h2-5,12,15-16H,6-10H2,1H3;1H. The molecule has 1 unspecified atom stereocenters. The van der Waals surface area contributed by atoms with Crippen LogP contribution in [0, 0.1) is 10.1 Å². The number of hydrogen-bond acceptors (Lipinski definition) is 6. The van der Waals surface area contributed by atoms with E-state index in [1.54, 1.807) is 11.9 Å². The summed E-state index contributed by atoms with van der Waals surface area (Å²) in [4.78, 5) is 23.6. The van der Waals surface area contributed by atoms with Crippen LogP contribution in [0.5, 0.6) is 0 Å². The number of nitro groups is 1. The maximum Gasteiger partial charge on any atom is 0.269 e. The van der Waals surface area contributed by atoms with Gasteiger partial charge in [0.25, 0.3) is 5.69 Å². The molecule has 1 fully saturated rings. The molecule has 1 aromatic rings. The fraction of sp³-hybridized carbons (Fsp3) is 0.500. The Morgan fingerprint density at radius 2 is 2.04 bits per heavy atom. The Morgan fingerprint density at radius 3 is 2.56 bits per heavy atom. The van der Waals surface area contributed by atoms with Gasteiger partial charge in [-0.3, -0.25) is 14.9 Å². The van der Waals surface area contributed by atoms with Crippen molar-refractivity contribution in [2.75, 3.05) is 26.7 Å². The fourth-order valence-corrected chi connectivity index (χ4v) is 3.50. The Balaban J connectivity index is 0.00000312. The third-order valence-corrected chi connectivity index (χ3v) is 5.44. The van der Waals surface area contributed by atoms with Gasteiger partial charge < -0.3 is 10.2 Å². The molecule has 9 nitrogen and oxygen atoms in total. The molecular formula is C14H21ClN4O5S. The van der Waals surface area contributed by atoms with Gasteiger partial charge in [0.1, 0.15) is 0 Å². The highest BCUT2D eigenvalue weighted by molar-refractivity contribution is 7.89. The second kappa shape index (κ2) is 9.09. The molecule has 0 radical (unpaired) electrons. The number of nitrogens with one attached hydrogen (secondary N) is 2. The van der Waals surface area contributed by atoms with Crippen LogP contribution in [0.1, 0.15) is 12.8 Å². The van der Waals surface area contributed by atoms with Crippen LogP contribution < -0.4 is 10.0 Å². The SMILES string of the molecule is CN(C(=O)CCNS(=O)(=O)c1ccc([N+](=O)[O-])cc1)C1CCNC1.Cl. The summed E-state index contributed by atoms with van der Waals surface area (Å²) in [6, 6.07) is 4.72. The monoisotopic (exact) mass is 392 g/mol. The average molecular weight is 393 g/mol. The molecule has 0 spiro atoms. The lowest BCUT2D eigenvalue weighted by Gasteiger charge is -2.23. The van der Waals surface area contributed by atoms with E-state index in [0.29, 0.717) is 0 Å². The molecular weight excluding hydrogens is 372 g/mol. The molecule has 2 rings (SSSR count). The highest BCUT2D eigenvalue weighted by Gasteiger charge is 2.23. The van der Waals surface area contributed by atoms with E-state index in [9.17, 15) is 23.3 Å². The van der Waals surface area contributed by atoms with Crippen molar-refractivity contribution in [1.82, 2.24) is 14.9 Å². The number of rotatable bonds is 7. The number of hydrogen-bond donors (Lipinski definition) is 2. The first kappa shape index (κ1) is 21.3. The van der Waals surface area contributed by atoms with Crippen molar-refractivity contribution in [2.45, 2.75) is 23.8 Å². The molecule has 25 heavy (non-hydrogen) atoms. The zero-order valence-corrected chi connectivity index (χ0v) is 15.3. The molecule has 2 N–H and O–H groups in total. The van der Waals surface area contributed by atoms with Gasteiger partial charge in [-0.1, -0.05) is 0 Å². The molecule has 1 aliphatic rings. The number of benzene rings is 1. The molecule has 11 heteroatoms. The van der Waals surface area contributed by atoms with Gasteiger partial charge in [-0.15, -0.1) is 12.4 Å². The molecule has 0 saturated carbocycles. The normalized spacial score (nSPS) is 16.9. The van der Waals surface area contributed by atoms with Crippen LogP contribution in [0.15, 0.2) is 29.2 Å². The minimum atomic E-state index is -3.80. The molecule has 140 valence electrons. The van der Waals surface area contributed by atoms with E-state index in [-0.39, 0.29) is 47.9 Å². The maximum absolute atomic E-state index is 12.1. The van der Waals surface area contributed by atoms with Gasteiger partial charge in [-0.05, 0) is 25.1 Å². The number of halogens is 1. The van der Waals surface area contributed by atoms with Gasteiger partial charge in [-0.2, -0.15) is 0 Å². The second-order valence-corrected chi connectivity index (χ2v) is 7.32. The van der Waals surface area contributed by atoms with Crippen LogP contribution in [0.3, 0.4) is 0 Å². The molecule has 1 saturated heterocycles. The van der Waals surface area contributed by atoms with Gasteiger partial charge in [0.05, 0.1) is 9.82 Å². The summed E-state index contributed by atoms with van der Waals surface area (Å²) < 4.78 is 26.5. The summed E-state index contributed by atoms with van der Waals surface area (Å²) in [6.45, 7) is 1.59. The molecule has 1 aromatic carbocycles. The summed E-state index contributed by atoms with van der Waals surface area (Å²) in [6.07, 6.45) is 0.940. The van der Waals surface area contributed by atoms with E-state index in [0.717, 1.165) is 31.6 Å². The van der Waals surface area contributed by atoms with E-state index < -0.39 is 14.9 Å². The number of non-ortho nitro benzene ring substituents is 1. The predicted molar refractivity (Wildman–Crippen MR) is 94.2 cm³/mol. The number of likely N-dealkylation sites (N-methyl/N-ethyl adjacent to an activating group) is 1. The first-order valence-electron chi connectivity index (χ1n) is 7.52. The second-order valence-electron chi connectivity index (χ2n) is 5.55. The van der Waals surface area contributed by atoms with E-state index in [1.807, 2.05) is 0 Å². The minimum Gasteiger partial charge on any atom is -0.341 e. The van der Waals surface area contributed by atoms with Crippen LogP contribution in [0.2, 0.25) is 0 Å². The summed E-state index contributed by atoms with van der Waals surface area (Å²) >= 11 is 0. The zero-order chi connectivity index (χ0) is 17.7. The average Bonchev–Trinajstić information content (AvgIpc) is 3.08. The highest BCUT2D eigenvalue weighted by Crippen LogP contribution is 2.15. The van der Waals surface area contributed by atoms with Gasteiger partial charge in [-0.25, -0.2) is 13.1 Å². The number of carbonyl (C=O) groups excluding carboxylic acids is 1. The van der Waals surface area contributed by atoms with Gasteiger partial charge in [0.15, 0.2) is 0 Å². The predicted octanol–water partition coefficient (Wildman–Crippen LogP) is 0.505. The molecule has 1 aliphatic heterocycles. The number of nitrogens with zero attached hydrogens (tertiary/aromatic N) is 2. The topological polar surface area (TPSA) is 122 Å². The lowest BCUT2D eigenvalue weighted by molar-refractivity contribution is -0.384. The molecule has 0 aromatic heterocycles. The Hall–Kier alpha value is -1.75. The van der Waals surface area contributed by atoms with Crippen molar-refractivity contribution in [2.24, 2.45) is 0 Å².